The minimum Gasteiger partial charge on any atom is -0.482 e. The lowest BCUT2D eigenvalue weighted by molar-refractivity contribution is -0.121. The first-order chi connectivity index (χ1) is 23.7. The summed E-state index contributed by atoms with van der Waals surface area (Å²) in [5.41, 5.74) is 8.60. The summed E-state index contributed by atoms with van der Waals surface area (Å²) in [5.74, 6) is 1.14. The van der Waals surface area contributed by atoms with E-state index in [1.165, 1.54) is 5.57 Å². The van der Waals surface area contributed by atoms with Gasteiger partial charge in [0.15, 0.2) is 14.9 Å². The molecule has 0 aliphatic carbocycles. The van der Waals surface area contributed by atoms with Gasteiger partial charge in [0, 0.05) is 31.9 Å². The number of allylic oxidation sites excluding steroid dienone is 2. The van der Waals surface area contributed by atoms with Crippen LogP contribution < -0.4 is 15.4 Å². The number of nitrogens with zero attached hydrogens (tertiary/aromatic N) is 1. The van der Waals surface area contributed by atoms with Crippen LogP contribution >= 0.6 is 0 Å². The number of carbonyl (C=O) groups excluding carboxylic acids is 2. The lowest BCUT2D eigenvalue weighted by Crippen LogP contribution is -2.44. The van der Waals surface area contributed by atoms with Crippen LogP contribution in [0, 0.1) is 35.5 Å². The van der Waals surface area contributed by atoms with Crippen LogP contribution in [0.4, 0.5) is 10.5 Å². The normalized spacial score (nSPS) is 19.2. The lowest BCUT2D eigenvalue weighted by Gasteiger charge is -2.43. The molecule has 9 nitrogen and oxygen atoms in total. The predicted molar refractivity (Wildman–Crippen MR) is 211 cm³/mol. The molecule has 0 saturated heterocycles. The van der Waals surface area contributed by atoms with Gasteiger partial charge in [-0.15, -0.1) is 0 Å². The summed E-state index contributed by atoms with van der Waals surface area (Å²) in [6, 6.07) is 5.86. The second kappa shape index (κ2) is 19.8. The highest BCUT2D eigenvalue weighted by Gasteiger charge is 2.44. The van der Waals surface area contributed by atoms with Crippen molar-refractivity contribution < 1.29 is 33.3 Å². The van der Waals surface area contributed by atoms with Gasteiger partial charge in [0.25, 0.3) is 5.91 Å². The van der Waals surface area contributed by atoms with Crippen molar-refractivity contribution >= 4 is 32.1 Å². The Morgan fingerprint density at radius 1 is 1.10 bits per heavy atom. The molecule has 1 aliphatic heterocycles. The Labute approximate surface area is 309 Å². The van der Waals surface area contributed by atoms with Gasteiger partial charge in [-0.05, 0) is 79.8 Å². The van der Waals surface area contributed by atoms with Crippen LogP contribution in [0.1, 0.15) is 87.1 Å². The molecule has 2 amide bonds. The smallest absolute Gasteiger partial charge is 0.404 e. The summed E-state index contributed by atoms with van der Waals surface area (Å²) in [7, 11) is 0.871. The summed E-state index contributed by atoms with van der Waals surface area (Å²) >= 11 is 0. The van der Waals surface area contributed by atoms with Gasteiger partial charge in [0.05, 0.1) is 11.8 Å². The molecule has 8 atom stereocenters. The number of methoxy groups -OCH3 is 1. The standard InChI is InChI=1S/C41H68N2O7Si/c1-14-15-16-28(3)39(50-40(42)45)32(7)34(24-41(8,9)51(12,13)46)30(5)21-27(2)22-31(6)38(49-26-47-11)29(4)17-18-33-19-20-36-35(23-33)43(10)37(44)25-48-36/h15-20,22-23,28-32,34,38-39,46H,14,21,24-26H2,1-13H3,(H2,42,45)/b16-15-,18-17-,27-22-/t28?,29?,30-,31-,32-,34+,38-,39-/m0/s1. The summed E-state index contributed by atoms with van der Waals surface area (Å²) < 4.78 is 23.0. The second-order valence-electron chi connectivity index (χ2n) is 16.0. The van der Waals surface area contributed by atoms with Crippen LogP contribution in [0.15, 0.2) is 48.1 Å². The van der Waals surface area contributed by atoms with Crippen LogP contribution in [0.3, 0.4) is 0 Å². The fourth-order valence-corrected chi connectivity index (χ4v) is 7.98. The number of primary amides is 1. The molecule has 0 fully saturated rings. The van der Waals surface area contributed by atoms with Gasteiger partial charge in [-0.25, -0.2) is 4.79 Å². The minimum atomic E-state index is -2.53. The van der Waals surface area contributed by atoms with Crippen molar-refractivity contribution in [2.75, 3.05) is 32.5 Å². The Morgan fingerprint density at radius 3 is 2.33 bits per heavy atom. The molecule has 0 radical (unpaired) electrons. The zero-order valence-corrected chi connectivity index (χ0v) is 34.7. The first-order valence-electron chi connectivity index (χ1n) is 18.6. The van der Waals surface area contributed by atoms with Crippen LogP contribution in [0.25, 0.3) is 6.08 Å². The third kappa shape index (κ3) is 12.9. The number of hydrogen-bond donors (Lipinski definition) is 2. The van der Waals surface area contributed by atoms with E-state index < -0.39 is 14.4 Å². The van der Waals surface area contributed by atoms with Gasteiger partial charge in [-0.3, -0.25) is 4.79 Å². The zero-order valence-electron chi connectivity index (χ0n) is 33.7. The van der Waals surface area contributed by atoms with Crippen molar-refractivity contribution in [1.82, 2.24) is 0 Å². The average Bonchev–Trinajstić information content (AvgIpc) is 3.04. The number of anilines is 1. The molecule has 1 aromatic carbocycles. The molecule has 288 valence electrons. The molecule has 1 aromatic rings. The van der Waals surface area contributed by atoms with Crippen LogP contribution in [0.2, 0.25) is 18.1 Å². The first-order valence-corrected chi connectivity index (χ1v) is 21.5. The largest absolute Gasteiger partial charge is 0.482 e. The van der Waals surface area contributed by atoms with Crippen molar-refractivity contribution in [1.29, 1.82) is 0 Å². The molecule has 0 bridgehead atoms. The first kappa shape index (κ1) is 44.2. The van der Waals surface area contributed by atoms with E-state index in [1.54, 1.807) is 19.1 Å². The zero-order chi connectivity index (χ0) is 38.7. The van der Waals surface area contributed by atoms with Crippen molar-refractivity contribution in [3.63, 3.8) is 0 Å². The van der Waals surface area contributed by atoms with Gasteiger partial charge in [0.2, 0.25) is 0 Å². The highest BCUT2D eigenvalue weighted by atomic mass is 28.4. The van der Waals surface area contributed by atoms with Crippen molar-refractivity contribution in [2.24, 2.45) is 41.2 Å². The van der Waals surface area contributed by atoms with Gasteiger partial charge < -0.3 is 34.4 Å². The number of rotatable bonds is 20. The molecule has 51 heavy (non-hydrogen) atoms. The fraction of sp³-hybridized carbons (Fsp3) is 0.659. The molecule has 0 saturated carbocycles. The number of benzene rings is 1. The number of nitrogens with two attached hydrogens (primary N) is 1. The molecule has 0 aromatic heterocycles. The maximum absolute atomic E-state index is 12.2. The highest BCUT2D eigenvalue weighted by molar-refractivity contribution is 6.72. The molecule has 1 heterocycles. The summed E-state index contributed by atoms with van der Waals surface area (Å²) in [6.07, 6.45) is 12.0. The fourth-order valence-electron chi connectivity index (χ4n) is 7.24. The quantitative estimate of drug-likeness (QED) is 0.0781. The summed E-state index contributed by atoms with van der Waals surface area (Å²) in [5, 5.41) is -0.262. The third-order valence-electron chi connectivity index (χ3n) is 11.0. The SMILES string of the molecule is CC/C=C\C(C)[C@H](OC(N)=O)[C@@H](C)[C@H](CC(C)(C)[Si](C)(C)O)[C@@H](C)C/C(C)=C\[C@H](C)[C@@H](OCOC)C(C)/C=C\c1ccc2c(c1)N(C)C(=O)CO2. The van der Waals surface area contributed by atoms with Crippen LogP contribution in [-0.4, -0.2) is 64.9 Å². The van der Waals surface area contributed by atoms with Crippen molar-refractivity contribution in [3.05, 3.63) is 53.6 Å². The second-order valence-corrected chi connectivity index (χ2v) is 20.5. The topological polar surface area (TPSA) is 121 Å². The van der Waals surface area contributed by atoms with Gasteiger partial charge in [-0.2, -0.15) is 0 Å². The number of ether oxygens (including phenoxy) is 4. The Kier molecular flexibility index (Phi) is 17.2. The molecule has 10 heteroatoms. The van der Waals surface area contributed by atoms with Gasteiger partial charge in [-0.1, -0.05) is 97.4 Å². The van der Waals surface area contributed by atoms with E-state index in [9.17, 15) is 14.4 Å². The minimum absolute atomic E-state index is 0.000799. The Hall–Kier alpha value is -2.92. The van der Waals surface area contributed by atoms with Crippen molar-refractivity contribution in [2.45, 2.75) is 112 Å². The number of hydrogen-bond acceptors (Lipinski definition) is 7. The highest BCUT2D eigenvalue weighted by Crippen LogP contribution is 2.47. The maximum atomic E-state index is 12.2. The molecule has 2 rings (SSSR count). The average molecular weight is 729 g/mol. The van der Waals surface area contributed by atoms with E-state index >= 15 is 0 Å². The molecular weight excluding hydrogens is 661 g/mol. The van der Waals surface area contributed by atoms with Crippen LogP contribution in [-0.2, 0) is 19.0 Å². The third-order valence-corrected chi connectivity index (χ3v) is 14.6. The van der Waals surface area contributed by atoms with Gasteiger partial charge >= 0.3 is 6.09 Å². The van der Waals surface area contributed by atoms with E-state index in [4.69, 9.17) is 24.7 Å². The summed E-state index contributed by atoms with van der Waals surface area (Å²) in [4.78, 5) is 37.2. The maximum Gasteiger partial charge on any atom is 0.404 e. The molecule has 1 aliphatic rings. The Balaban J connectivity index is 2.36. The van der Waals surface area contributed by atoms with E-state index in [1.807, 2.05) is 31.3 Å². The van der Waals surface area contributed by atoms with Crippen LogP contribution in [0.5, 0.6) is 5.75 Å². The monoisotopic (exact) mass is 728 g/mol. The Morgan fingerprint density at radius 2 is 1.75 bits per heavy atom. The molecule has 3 N–H and O–H groups in total. The van der Waals surface area contributed by atoms with E-state index in [2.05, 4.69) is 92.7 Å². The van der Waals surface area contributed by atoms with E-state index in [0.29, 0.717) is 5.75 Å². The number of likely N-dealkylation sites (N-methyl/N-ethyl adjacent to an activating group) is 1. The number of fused-ring (bicyclic) bond motifs is 1. The molecular formula is C41H68N2O7Si. The number of amides is 2. The van der Waals surface area contributed by atoms with E-state index in [-0.39, 0.29) is 72.1 Å². The van der Waals surface area contributed by atoms with Crippen molar-refractivity contribution in [3.8, 4) is 5.75 Å². The van der Waals surface area contributed by atoms with E-state index in [0.717, 1.165) is 30.5 Å². The number of carbonyl (C=O) groups is 2. The van der Waals surface area contributed by atoms with Gasteiger partial charge in [0.1, 0.15) is 18.6 Å². The lowest BCUT2D eigenvalue weighted by atomic mass is 9.71. The summed E-state index contributed by atoms with van der Waals surface area (Å²) in [6.45, 7) is 23.7. The molecule has 0 spiro atoms. The predicted octanol–water partition coefficient (Wildman–Crippen LogP) is 8.98. The molecule has 2 unspecified atom stereocenters. The Bertz CT molecular complexity index is 1370.